The summed E-state index contributed by atoms with van der Waals surface area (Å²) in [7, 11) is 2.92. The fourth-order valence-electron chi connectivity index (χ4n) is 1.52. The highest BCUT2D eigenvalue weighted by Gasteiger charge is 2.27. The summed E-state index contributed by atoms with van der Waals surface area (Å²) >= 11 is 11.0. The summed E-state index contributed by atoms with van der Waals surface area (Å²) in [5.74, 6) is -0.128. The standard InChI is InChI=1S/C14H24Cl2N2O5/c1-11(18(3)14(21)23-9-5-7-16)13(20)17(2)10-12(19)22-8-4-6-15/h11H,4-10H2,1-3H3. The number of amides is 2. The maximum absolute atomic E-state index is 12.2. The van der Waals surface area contributed by atoms with Gasteiger partial charge in [-0.3, -0.25) is 14.5 Å². The van der Waals surface area contributed by atoms with Gasteiger partial charge in [0.25, 0.3) is 0 Å². The number of carbonyl (C=O) groups excluding carboxylic acids is 3. The first kappa shape index (κ1) is 21.8. The highest BCUT2D eigenvalue weighted by Crippen LogP contribution is 2.04. The van der Waals surface area contributed by atoms with Gasteiger partial charge in [-0.1, -0.05) is 0 Å². The molecule has 0 saturated heterocycles. The first-order valence-electron chi connectivity index (χ1n) is 7.27. The first-order chi connectivity index (χ1) is 10.8. The summed E-state index contributed by atoms with van der Waals surface area (Å²) < 4.78 is 9.89. The van der Waals surface area contributed by atoms with Gasteiger partial charge >= 0.3 is 12.1 Å². The predicted molar refractivity (Wildman–Crippen MR) is 87.8 cm³/mol. The molecule has 0 aliphatic heterocycles. The van der Waals surface area contributed by atoms with Gasteiger partial charge in [0.15, 0.2) is 0 Å². The van der Waals surface area contributed by atoms with Crippen molar-refractivity contribution >= 4 is 41.2 Å². The molecule has 0 N–H and O–H groups in total. The Labute approximate surface area is 146 Å². The lowest BCUT2D eigenvalue weighted by atomic mass is 10.2. The Kier molecular flexibility index (Phi) is 11.6. The van der Waals surface area contributed by atoms with E-state index in [0.29, 0.717) is 24.6 Å². The van der Waals surface area contributed by atoms with E-state index in [1.54, 1.807) is 6.92 Å². The molecule has 9 heteroatoms. The molecular formula is C14H24Cl2N2O5. The number of alkyl halides is 2. The van der Waals surface area contributed by atoms with Gasteiger partial charge in [0.2, 0.25) is 5.91 Å². The molecule has 0 aromatic carbocycles. The lowest BCUT2D eigenvalue weighted by Crippen LogP contribution is -2.48. The topological polar surface area (TPSA) is 76.2 Å². The second-order valence-electron chi connectivity index (χ2n) is 4.90. The van der Waals surface area contributed by atoms with Crippen molar-refractivity contribution < 1.29 is 23.9 Å². The molecule has 0 radical (unpaired) electrons. The van der Waals surface area contributed by atoms with E-state index in [1.165, 1.54) is 23.9 Å². The van der Waals surface area contributed by atoms with Crippen LogP contribution in [0, 0.1) is 0 Å². The second-order valence-corrected chi connectivity index (χ2v) is 5.66. The highest BCUT2D eigenvalue weighted by atomic mass is 35.5. The smallest absolute Gasteiger partial charge is 0.410 e. The number of nitrogens with zero attached hydrogens (tertiary/aromatic N) is 2. The number of carbonyl (C=O) groups is 3. The van der Waals surface area contributed by atoms with E-state index in [0.717, 1.165) is 0 Å². The summed E-state index contributed by atoms with van der Waals surface area (Å²) in [5, 5.41) is 0. The summed E-state index contributed by atoms with van der Waals surface area (Å²) in [6.45, 7) is 1.77. The van der Waals surface area contributed by atoms with Gasteiger partial charge in [-0.2, -0.15) is 0 Å². The maximum atomic E-state index is 12.2. The average molecular weight is 371 g/mol. The van der Waals surface area contributed by atoms with Crippen LogP contribution in [0.3, 0.4) is 0 Å². The van der Waals surface area contributed by atoms with Gasteiger partial charge in [-0.25, -0.2) is 4.79 Å². The zero-order chi connectivity index (χ0) is 17.8. The van der Waals surface area contributed by atoms with E-state index in [1.807, 2.05) is 0 Å². The fourth-order valence-corrected chi connectivity index (χ4v) is 1.73. The zero-order valence-electron chi connectivity index (χ0n) is 13.7. The van der Waals surface area contributed by atoms with E-state index in [2.05, 4.69) is 0 Å². The summed E-state index contributed by atoms with van der Waals surface area (Å²) in [4.78, 5) is 37.9. The minimum Gasteiger partial charge on any atom is -0.464 e. The minimum atomic E-state index is -0.765. The third-order valence-electron chi connectivity index (χ3n) is 3.01. The fraction of sp³-hybridized carbons (Fsp3) is 0.786. The van der Waals surface area contributed by atoms with Crippen LogP contribution in [0.2, 0.25) is 0 Å². The van der Waals surface area contributed by atoms with E-state index in [4.69, 9.17) is 32.7 Å². The number of esters is 1. The number of hydrogen-bond acceptors (Lipinski definition) is 5. The monoisotopic (exact) mass is 370 g/mol. The van der Waals surface area contributed by atoms with Gasteiger partial charge in [-0.05, 0) is 19.8 Å². The second kappa shape index (κ2) is 12.2. The molecule has 0 aromatic rings. The van der Waals surface area contributed by atoms with Crippen LogP contribution in [0.15, 0.2) is 0 Å². The first-order valence-corrected chi connectivity index (χ1v) is 8.34. The van der Waals surface area contributed by atoms with E-state index in [9.17, 15) is 14.4 Å². The van der Waals surface area contributed by atoms with Crippen molar-refractivity contribution in [2.75, 3.05) is 45.6 Å². The van der Waals surface area contributed by atoms with Crippen LogP contribution >= 0.6 is 23.2 Å². The number of likely N-dealkylation sites (N-methyl/N-ethyl adjacent to an activating group) is 2. The highest BCUT2D eigenvalue weighted by molar-refractivity contribution is 6.18. The summed E-state index contributed by atoms with van der Waals surface area (Å²) in [6, 6.07) is -0.765. The molecule has 134 valence electrons. The van der Waals surface area contributed by atoms with Crippen molar-refractivity contribution in [3.05, 3.63) is 0 Å². The molecule has 7 nitrogen and oxygen atoms in total. The molecule has 2 amide bonds. The van der Waals surface area contributed by atoms with Crippen molar-refractivity contribution in [2.45, 2.75) is 25.8 Å². The number of halogens is 2. The van der Waals surface area contributed by atoms with Gasteiger partial charge in [-0.15, -0.1) is 23.2 Å². The molecule has 0 aromatic heterocycles. The Morgan fingerprint density at radius 3 is 2.04 bits per heavy atom. The van der Waals surface area contributed by atoms with E-state index >= 15 is 0 Å². The minimum absolute atomic E-state index is 0.191. The average Bonchev–Trinajstić information content (AvgIpc) is 2.52. The largest absolute Gasteiger partial charge is 0.464 e. The summed E-state index contributed by atoms with van der Waals surface area (Å²) in [6.07, 6.45) is 0.476. The van der Waals surface area contributed by atoms with Crippen LogP contribution in [0.25, 0.3) is 0 Å². The predicted octanol–water partition coefficient (Wildman–Crippen LogP) is 1.70. The lowest BCUT2D eigenvalue weighted by Gasteiger charge is -2.27. The Balaban J connectivity index is 4.33. The molecule has 0 spiro atoms. The van der Waals surface area contributed by atoms with Gasteiger partial charge in [0.05, 0.1) is 13.2 Å². The van der Waals surface area contributed by atoms with Crippen LogP contribution in [0.1, 0.15) is 19.8 Å². The van der Waals surface area contributed by atoms with Gasteiger partial charge < -0.3 is 14.4 Å². The van der Waals surface area contributed by atoms with Crippen LogP contribution in [0.4, 0.5) is 4.79 Å². The molecule has 0 rings (SSSR count). The molecule has 1 unspecified atom stereocenters. The lowest BCUT2D eigenvalue weighted by molar-refractivity contribution is -0.149. The van der Waals surface area contributed by atoms with Crippen LogP contribution in [0.5, 0.6) is 0 Å². The number of rotatable bonds is 10. The zero-order valence-corrected chi connectivity index (χ0v) is 15.2. The molecule has 0 fully saturated rings. The molecule has 1 atom stereocenters. The Bertz CT molecular complexity index is 395. The van der Waals surface area contributed by atoms with Gasteiger partial charge in [0, 0.05) is 25.9 Å². The Morgan fingerprint density at radius 2 is 1.52 bits per heavy atom. The van der Waals surface area contributed by atoms with Crippen molar-refractivity contribution in [3.63, 3.8) is 0 Å². The molecule has 0 aliphatic carbocycles. The van der Waals surface area contributed by atoms with E-state index < -0.39 is 24.0 Å². The van der Waals surface area contributed by atoms with Crippen molar-refractivity contribution in [1.82, 2.24) is 9.80 Å². The van der Waals surface area contributed by atoms with Crippen molar-refractivity contribution in [3.8, 4) is 0 Å². The van der Waals surface area contributed by atoms with Crippen LogP contribution in [-0.4, -0.2) is 79.4 Å². The normalized spacial score (nSPS) is 11.5. The van der Waals surface area contributed by atoms with Crippen LogP contribution < -0.4 is 0 Å². The number of hydrogen-bond donors (Lipinski definition) is 0. The van der Waals surface area contributed by atoms with E-state index in [-0.39, 0.29) is 19.8 Å². The maximum Gasteiger partial charge on any atom is 0.410 e. The van der Waals surface area contributed by atoms with Crippen molar-refractivity contribution in [1.29, 1.82) is 0 Å². The third-order valence-corrected chi connectivity index (χ3v) is 3.55. The summed E-state index contributed by atoms with van der Waals surface area (Å²) in [5.41, 5.74) is 0. The Hall–Kier alpha value is -1.21. The molecule has 0 bridgehead atoms. The quantitative estimate of drug-likeness (QED) is 0.332. The molecule has 0 saturated carbocycles. The molecule has 0 aliphatic rings. The Morgan fingerprint density at radius 1 is 1.00 bits per heavy atom. The SMILES string of the molecule is CC(C(=O)N(C)CC(=O)OCCCCl)N(C)C(=O)OCCCCl. The third kappa shape index (κ3) is 8.86. The van der Waals surface area contributed by atoms with Gasteiger partial charge in [0.1, 0.15) is 12.6 Å². The number of ether oxygens (including phenoxy) is 2. The molecular weight excluding hydrogens is 347 g/mol. The molecule has 0 heterocycles. The van der Waals surface area contributed by atoms with Crippen LogP contribution in [-0.2, 0) is 19.1 Å². The van der Waals surface area contributed by atoms with Crippen molar-refractivity contribution in [2.24, 2.45) is 0 Å². The molecule has 23 heavy (non-hydrogen) atoms.